The van der Waals surface area contributed by atoms with Crippen LogP contribution in [0.4, 0.5) is 4.39 Å². The number of aromatic nitrogens is 2. The van der Waals surface area contributed by atoms with E-state index in [1.807, 2.05) is 4.98 Å². The van der Waals surface area contributed by atoms with E-state index >= 15 is 0 Å². The number of halogens is 1. The van der Waals surface area contributed by atoms with Crippen LogP contribution in [-0.2, 0) is 0 Å². The maximum absolute atomic E-state index is 12.7. The molecule has 3 N–H and O–H groups in total. The molecule has 7 nitrogen and oxygen atoms in total. The van der Waals surface area contributed by atoms with Crippen LogP contribution in [-0.4, -0.2) is 22.1 Å². The van der Waals surface area contributed by atoms with Crippen LogP contribution in [0.1, 0.15) is 16.1 Å². The Balaban J connectivity index is 2.06. The summed E-state index contributed by atoms with van der Waals surface area (Å²) in [4.78, 5) is 37.7. The van der Waals surface area contributed by atoms with Crippen molar-refractivity contribution < 1.29 is 9.18 Å². The molecule has 1 aromatic carbocycles. The summed E-state index contributed by atoms with van der Waals surface area (Å²) in [5, 5.41) is 3.63. The van der Waals surface area contributed by atoms with Crippen molar-refractivity contribution in [3.05, 3.63) is 68.2 Å². The standard InChI is InChI=1S/C12H9FN4O3/c13-8-3-1-7(2-4-8)6-14-17-11(19)9-5-10(18)16-12(20)15-9/h1-6H,(H,17,19)(H2,15,16,18,20). The fourth-order valence-electron chi connectivity index (χ4n) is 1.37. The van der Waals surface area contributed by atoms with Gasteiger partial charge in [0.25, 0.3) is 11.5 Å². The Hall–Kier alpha value is -3.03. The monoisotopic (exact) mass is 276 g/mol. The molecule has 102 valence electrons. The molecule has 0 aliphatic heterocycles. The summed E-state index contributed by atoms with van der Waals surface area (Å²) in [5.74, 6) is -1.13. The van der Waals surface area contributed by atoms with Crippen LogP contribution in [0.2, 0.25) is 0 Å². The first-order valence-corrected chi connectivity index (χ1v) is 5.47. The average molecular weight is 276 g/mol. The van der Waals surface area contributed by atoms with Gasteiger partial charge in [-0.05, 0) is 17.7 Å². The SMILES string of the molecule is O=C(NN=Cc1ccc(F)cc1)c1cc(=O)[nH]c(=O)[nH]1. The number of hydrazone groups is 1. The molecule has 1 aromatic heterocycles. The minimum atomic E-state index is -0.787. The summed E-state index contributed by atoms with van der Waals surface area (Å²) in [5.41, 5.74) is 1.01. The third kappa shape index (κ3) is 3.48. The number of carbonyl (C=O) groups is 1. The molecule has 2 rings (SSSR count). The number of rotatable bonds is 3. The van der Waals surface area contributed by atoms with Gasteiger partial charge in [-0.25, -0.2) is 14.6 Å². The zero-order valence-electron chi connectivity index (χ0n) is 10.0. The lowest BCUT2D eigenvalue weighted by molar-refractivity contribution is 0.0949. The van der Waals surface area contributed by atoms with Crippen molar-refractivity contribution in [2.24, 2.45) is 5.10 Å². The highest BCUT2D eigenvalue weighted by Gasteiger charge is 2.06. The number of carbonyl (C=O) groups excluding carboxylic acids is 1. The molecule has 0 radical (unpaired) electrons. The first-order valence-electron chi connectivity index (χ1n) is 5.47. The predicted molar refractivity (Wildman–Crippen MR) is 69.1 cm³/mol. The van der Waals surface area contributed by atoms with E-state index in [1.54, 1.807) is 0 Å². The quantitative estimate of drug-likeness (QED) is 0.541. The Labute approximate surface area is 111 Å². The van der Waals surface area contributed by atoms with Crippen molar-refractivity contribution in [2.75, 3.05) is 0 Å². The van der Waals surface area contributed by atoms with E-state index in [2.05, 4.69) is 15.5 Å². The van der Waals surface area contributed by atoms with Crippen molar-refractivity contribution in [3.8, 4) is 0 Å². The molecule has 1 heterocycles. The second-order valence-electron chi connectivity index (χ2n) is 3.75. The maximum Gasteiger partial charge on any atom is 0.326 e. The van der Waals surface area contributed by atoms with E-state index in [1.165, 1.54) is 30.5 Å². The highest BCUT2D eigenvalue weighted by molar-refractivity contribution is 5.92. The molecule has 0 saturated carbocycles. The van der Waals surface area contributed by atoms with E-state index in [9.17, 15) is 18.8 Å². The van der Waals surface area contributed by atoms with Gasteiger partial charge in [0.2, 0.25) is 0 Å². The molecule has 8 heteroatoms. The van der Waals surface area contributed by atoms with Crippen LogP contribution < -0.4 is 16.7 Å². The molecule has 0 unspecified atom stereocenters. The Kier molecular flexibility index (Phi) is 3.85. The summed E-state index contributed by atoms with van der Waals surface area (Å²) in [6.45, 7) is 0. The van der Waals surface area contributed by atoms with E-state index in [4.69, 9.17) is 0 Å². The first-order chi connectivity index (χ1) is 9.54. The minimum Gasteiger partial charge on any atom is -0.303 e. The molecular formula is C12H9FN4O3. The zero-order valence-corrected chi connectivity index (χ0v) is 10.0. The number of nitrogens with zero attached hydrogens (tertiary/aromatic N) is 1. The largest absolute Gasteiger partial charge is 0.326 e. The predicted octanol–water partition coefficient (Wildman–Crippen LogP) is -0.0338. The summed E-state index contributed by atoms with van der Waals surface area (Å²) >= 11 is 0. The molecule has 0 atom stereocenters. The molecular weight excluding hydrogens is 267 g/mol. The first kappa shape index (κ1) is 13.4. The Bertz CT molecular complexity index is 733. The third-order valence-corrected chi connectivity index (χ3v) is 2.25. The minimum absolute atomic E-state index is 0.213. The number of hydrogen-bond acceptors (Lipinski definition) is 4. The number of nitrogens with one attached hydrogen (secondary N) is 3. The van der Waals surface area contributed by atoms with Crippen LogP contribution in [0.3, 0.4) is 0 Å². The Morgan fingerprint density at radius 2 is 1.90 bits per heavy atom. The van der Waals surface area contributed by atoms with Crippen molar-refractivity contribution in [2.45, 2.75) is 0 Å². The third-order valence-electron chi connectivity index (χ3n) is 2.25. The van der Waals surface area contributed by atoms with Gasteiger partial charge in [0.15, 0.2) is 0 Å². The van der Waals surface area contributed by atoms with Gasteiger partial charge >= 0.3 is 5.69 Å². The molecule has 0 saturated heterocycles. The lowest BCUT2D eigenvalue weighted by atomic mass is 10.2. The van der Waals surface area contributed by atoms with Gasteiger partial charge in [-0.1, -0.05) is 12.1 Å². The fourth-order valence-corrected chi connectivity index (χ4v) is 1.37. The van der Waals surface area contributed by atoms with Gasteiger partial charge in [-0.3, -0.25) is 14.6 Å². The summed E-state index contributed by atoms with van der Waals surface area (Å²) in [7, 11) is 0. The van der Waals surface area contributed by atoms with Gasteiger partial charge in [-0.15, -0.1) is 0 Å². The van der Waals surface area contributed by atoms with Gasteiger partial charge in [0.1, 0.15) is 11.5 Å². The smallest absolute Gasteiger partial charge is 0.303 e. The van der Waals surface area contributed by atoms with Crippen LogP contribution in [0.15, 0.2) is 45.0 Å². The van der Waals surface area contributed by atoms with Gasteiger partial charge in [0, 0.05) is 6.07 Å². The average Bonchev–Trinajstić information content (AvgIpc) is 2.40. The van der Waals surface area contributed by atoms with E-state index in [0.717, 1.165) is 6.07 Å². The molecule has 0 spiro atoms. The maximum atomic E-state index is 12.7. The van der Waals surface area contributed by atoms with Crippen LogP contribution in [0.25, 0.3) is 0 Å². The summed E-state index contributed by atoms with van der Waals surface area (Å²) < 4.78 is 12.7. The lowest BCUT2D eigenvalue weighted by Gasteiger charge is -1.98. The number of amides is 1. The molecule has 0 aliphatic carbocycles. The molecule has 1 amide bonds. The molecule has 0 fully saturated rings. The molecule has 2 aromatic rings. The van der Waals surface area contributed by atoms with Gasteiger partial charge < -0.3 is 4.98 Å². The molecule has 0 aliphatic rings. The lowest BCUT2D eigenvalue weighted by Crippen LogP contribution is -2.28. The van der Waals surface area contributed by atoms with E-state index in [-0.39, 0.29) is 11.5 Å². The second kappa shape index (κ2) is 5.74. The highest BCUT2D eigenvalue weighted by Crippen LogP contribution is 1.99. The second-order valence-corrected chi connectivity index (χ2v) is 3.75. The van der Waals surface area contributed by atoms with E-state index < -0.39 is 17.2 Å². The van der Waals surface area contributed by atoms with Crippen molar-refractivity contribution in [1.82, 2.24) is 15.4 Å². The number of aromatic amines is 2. The van der Waals surface area contributed by atoms with Crippen molar-refractivity contribution >= 4 is 12.1 Å². The number of hydrogen-bond donors (Lipinski definition) is 3. The van der Waals surface area contributed by atoms with Gasteiger partial charge in [0.05, 0.1) is 6.21 Å². The summed E-state index contributed by atoms with van der Waals surface area (Å²) in [6, 6.07) is 6.37. The molecule has 20 heavy (non-hydrogen) atoms. The number of benzene rings is 1. The van der Waals surface area contributed by atoms with Crippen LogP contribution in [0.5, 0.6) is 0 Å². The molecule has 0 bridgehead atoms. The van der Waals surface area contributed by atoms with Gasteiger partial charge in [-0.2, -0.15) is 5.10 Å². The number of H-pyrrole nitrogens is 2. The Morgan fingerprint density at radius 1 is 1.20 bits per heavy atom. The van der Waals surface area contributed by atoms with Crippen LogP contribution >= 0.6 is 0 Å². The fraction of sp³-hybridized carbons (Fsp3) is 0. The zero-order chi connectivity index (χ0) is 14.5. The van der Waals surface area contributed by atoms with Crippen LogP contribution in [0, 0.1) is 5.82 Å². The van der Waals surface area contributed by atoms with E-state index in [0.29, 0.717) is 5.56 Å². The normalized spacial score (nSPS) is 10.7. The highest BCUT2D eigenvalue weighted by atomic mass is 19.1. The topological polar surface area (TPSA) is 107 Å². The Morgan fingerprint density at radius 3 is 2.55 bits per heavy atom. The van der Waals surface area contributed by atoms with Crippen molar-refractivity contribution in [3.63, 3.8) is 0 Å². The summed E-state index contributed by atoms with van der Waals surface area (Å²) in [6.07, 6.45) is 1.29. The van der Waals surface area contributed by atoms with Crippen molar-refractivity contribution in [1.29, 1.82) is 0 Å².